The summed E-state index contributed by atoms with van der Waals surface area (Å²) in [5, 5.41) is 3.10. The van der Waals surface area contributed by atoms with Crippen LogP contribution in [-0.4, -0.2) is 64.2 Å². The Hall–Kier alpha value is -3.22. The number of likely N-dealkylation sites (tertiary alicyclic amines) is 1. The second kappa shape index (κ2) is 10.2. The molecule has 0 atom stereocenters. The Bertz CT molecular complexity index is 904. The number of hydrogen-bond donors (Lipinski definition) is 1. The zero-order valence-corrected chi connectivity index (χ0v) is 18.7. The number of nitrogens with zero attached hydrogens (tertiary/aromatic N) is 2. The molecule has 1 N–H and O–H groups in total. The SMILES string of the molecule is COc1ccc(CC(=O)NC2CCN(C(=O)c3ccc(N(C)C)cc3)CC2)cc1OC. The highest BCUT2D eigenvalue weighted by Gasteiger charge is 2.24. The first kappa shape index (κ1) is 22.5. The van der Waals surface area contributed by atoms with E-state index in [1.807, 2.05) is 60.3 Å². The third kappa shape index (κ3) is 5.69. The van der Waals surface area contributed by atoms with Gasteiger partial charge in [-0.15, -0.1) is 0 Å². The molecule has 2 aromatic rings. The number of benzene rings is 2. The van der Waals surface area contributed by atoms with Crippen LogP contribution in [0.5, 0.6) is 11.5 Å². The van der Waals surface area contributed by atoms with Gasteiger partial charge in [-0.3, -0.25) is 9.59 Å². The number of rotatable bonds is 7. The van der Waals surface area contributed by atoms with Crippen LogP contribution in [0.3, 0.4) is 0 Å². The van der Waals surface area contributed by atoms with Crippen LogP contribution in [0, 0.1) is 0 Å². The third-order valence-corrected chi connectivity index (χ3v) is 5.59. The number of amides is 2. The number of carbonyl (C=O) groups is 2. The van der Waals surface area contributed by atoms with Gasteiger partial charge in [0.25, 0.3) is 5.91 Å². The lowest BCUT2D eigenvalue weighted by molar-refractivity contribution is -0.121. The lowest BCUT2D eigenvalue weighted by Crippen LogP contribution is -2.46. The minimum atomic E-state index is -0.0312. The van der Waals surface area contributed by atoms with Crippen LogP contribution in [0.1, 0.15) is 28.8 Å². The summed E-state index contributed by atoms with van der Waals surface area (Å²) >= 11 is 0. The Morgan fingerprint density at radius 2 is 1.65 bits per heavy atom. The average Bonchev–Trinajstić information content (AvgIpc) is 2.79. The van der Waals surface area contributed by atoms with Crippen LogP contribution in [0.15, 0.2) is 42.5 Å². The van der Waals surface area contributed by atoms with E-state index in [2.05, 4.69) is 5.32 Å². The normalized spacial score (nSPS) is 14.1. The van der Waals surface area contributed by atoms with Crippen LogP contribution in [0.25, 0.3) is 0 Å². The molecule has 1 heterocycles. The number of carbonyl (C=O) groups excluding carboxylic acids is 2. The fraction of sp³-hybridized carbons (Fsp3) is 0.417. The number of hydrogen-bond acceptors (Lipinski definition) is 5. The van der Waals surface area contributed by atoms with E-state index in [0.29, 0.717) is 30.2 Å². The molecule has 0 radical (unpaired) electrons. The summed E-state index contributed by atoms with van der Waals surface area (Å²) in [4.78, 5) is 29.1. The van der Waals surface area contributed by atoms with Crippen LogP contribution in [0.4, 0.5) is 5.69 Å². The van der Waals surface area contributed by atoms with Gasteiger partial charge >= 0.3 is 0 Å². The van der Waals surface area contributed by atoms with Gasteiger partial charge < -0.3 is 24.6 Å². The van der Waals surface area contributed by atoms with Crippen LogP contribution in [-0.2, 0) is 11.2 Å². The monoisotopic (exact) mass is 425 g/mol. The van der Waals surface area contributed by atoms with Crippen molar-refractivity contribution in [3.8, 4) is 11.5 Å². The standard InChI is InChI=1S/C24H31N3O4/c1-26(2)20-8-6-18(7-9-20)24(29)27-13-11-19(12-14-27)25-23(28)16-17-5-10-21(30-3)22(15-17)31-4/h5-10,15,19H,11-14,16H2,1-4H3,(H,25,28). The molecular weight excluding hydrogens is 394 g/mol. The smallest absolute Gasteiger partial charge is 0.253 e. The number of piperidine rings is 1. The van der Waals surface area contributed by atoms with Crippen molar-refractivity contribution in [2.24, 2.45) is 0 Å². The van der Waals surface area contributed by atoms with E-state index in [9.17, 15) is 9.59 Å². The van der Waals surface area contributed by atoms with E-state index in [-0.39, 0.29) is 24.3 Å². The van der Waals surface area contributed by atoms with E-state index < -0.39 is 0 Å². The lowest BCUT2D eigenvalue weighted by Gasteiger charge is -2.32. The van der Waals surface area contributed by atoms with Crippen molar-refractivity contribution in [3.63, 3.8) is 0 Å². The van der Waals surface area contributed by atoms with E-state index >= 15 is 0 Å². The first-order valence-corrected chi connectivity index (χ1v) is 10.5. The molecule has 7 heteroatoms. The van der Waals surface area contributed by atoms with Gasteiger partial charge in [0.15, 0.2) is 11.5 Å². The van der Waals surface area contributed by atoms with Gasteiger partial charge in [-0.1, -0.05) is 6.07 Å². The van der Waals surface area contributed by atoms with Crippen molar-refractivity contribution in [2.75, 3.05) is 46.3 Å². The molecule has 1 fully saturated rings. The van der Waals surface area contributed by atoms with Crippen molar-refractivity contribution in [1.29, 1.82) is 0 Å². The Morgan fingerprint density at radius 3 is 2.23 bits per heavy atom. The summed E-state index contributed by atoms with van der Waals surface area (Å²) in [6, 6.07) is 13.2. The van der Waals surface area contributed by atoms with E-state index in [1.165, 1.54) is 0 Å². The molecule has 7 nitrogen and oxygen atoms in total. The number of nitrogens with one attached hydrogen (secondary N) is 1. The molecule has 2 amide bonds. The second-order valence-corrected chi connectivity index (χ2v) is 7.94. The molecule has 166 valence electrons. The molecule has 31 heavy (non-hydrogen) atoms. The van der Waals surface area contributed by atoms with E-state index in [4.69, 9.17) is 9.47 Å². The highest BCUT2D eigenvalue weighted by atomic mass is 16.5. The fourth-order valence-corrected chi connectivity index (χ4v) is 3.77. The van der Waals surface area contributed by atoms with Crippen LogP contribution >= 0.6 is 0 Å². The molecule has 0 saturated carbocycles. The maximum Gasteiger partial charge on any atom is 0.253 e. The summed E-state index contributed by atoms with van der Waals surface area (Å²) in [7, 11) is 7.11. The zero-order chi connectivity index (χ0) is 22.4. The van der Waals surface area contributed by atoms with Crippen molar-refractivity contribution in [1.82, 2.24) is 10.2 Å². The van der Waals surface area contributed by atoms with Crippen molar-refractivity contribution < 1.29 is 19.1 Å². The molecule has 1 saturated heterocycles. The summed E-state index contributed by atoms with van der Waals surface area (Å²) in [5.74, 6) is 1.26. The summed E-state index contributed by atoms with van der Waals surface area (Å²) in [6.07, 6.45) is 1.77. The first-order valence-electron chi connectivity index (χ1n) is 10.5. The average molecular weight is 426 g/mol. The van der Waals surface area contributed by atoms with Crippen molar-refractivity contribution >= 4 is 17.5 Å². The molecule has 3 rings (SSSR count). The molecule has 0 aliphatic carbocycles. The van der Waals surface area contributed by atoms with Gasteiger partial charge in [-0.25, -0.2) is 0 Å². The zero-order valence-electron chi connectivity index (χ0n) is 18.7. The predicted molar refractivity (Wildman–Crippen MR) is 121 cm³/mol. The lowest BCUT2D eigenvalue weighted by atomic mass is 10.0. The fourth-order valence-electron chi connectivity index (χ4n) is 3.77. The van der Waals surface area contributed by atoms with Gasteiger partial charge in [0, 0.05) is 44.5 Å². The quantitative estimate of drug-likeness (QED) is 0.739. The van der Waals surface area contributed by atoms with Crippen LogP contribution in [0.2, 0.25) is 0 Å². The molecule has 2 aromatic carbocycles. The summed E-state index contributed by atoms with van der Waals surface area (Å²) in [5.41, 5.74) is 2.62. The predicted octanol–water partition coefficient (Wildman–Crippen LogP) is 2.73. The first-order chi connectivity index (χ1) is 14.9. The number of anilines is 1. The Morgan fingerprint density at radius 1 is 1.00 bits per heavy atom. The summed E-state index contributed by atoms with van der Waals surface area (Å²) in [6.45, 7) is 1.27. The molecule has 1 aliphatic rings. The number of ether oxygens (including phenoxy) is 2. The molecule has 0 bridgehead atoms. The van der Waals surface area contributed by atoms with Gasteiger partial charge in [-0.05, 0) is 54.8 Å². The highest BCUT2D eigenvalue weighted by molar-refractivity contribution is 5.94. The molecule has 1 aliphatic heterocycles. The Balaban J connectivity index is 1.49. The maximum atomic E-state index is 12.8. The Labute approximate surface area is 183 Å². The molecular formula is C24H31N3O4. The van der Waals surface area contributed by atoms with Crippen molar-refractivity contribution in [2.45, 2.75) is 25.3 Å². The van der Waals surface area contributed by atoms with Crippen molar-refractivity contribution in [3.05, 3.63) is 53.6 Å². The maximum absolute atomic E-state index is 12.8. The molecule has 0 unspecified atom stereocenters. The van der Waals surface area contributed by atoms with E-state index in [1.54, 1.807) is 20.3 Å². The highest BCUT2D eigenvalue weighted by Crippen LogP contribution is 2.27. The van der Waals surface area contributed by atoms with Gasteiger partial charge in [0.2, 0.25) is 5.91 Å². The molecule has 0 spiro atoms. The van der Waals surface area contributed by atoms with Gasteiger partial charge in [0.1, 0.15) is 0 Å². The van der Waals surface area contributed by atoms with Gasteiger partial charge in [-0.2, -0.15) is 0 Å². The minimum absolute atomic E-state index is 0.0312. The second-order valence-electron chi connectivity index (χ2n) is 7.94. The third-order valence-electron chi connectivity index (χ3n) is 5.59. The van der Waals surface area contributed by atoms with Crippen LogP contribution < -0.4 is 19.7 Å². The van der Waals surface area contributed by atoms with E-state index in [0.717, 1.165) is 24.1 Å². The van der Waals surface area contributed by atoms with Gasteiger partial charge in [0.05, 0.1) is 20.6 Å². The topological polar surface area (TPSA) is 71.1 Å². The summed E-state index contributed by atoms with van der Waals surface area (Å²) < 4.78 is 10.5. The Kier molecular flexibility index (Phi) is 7.39. The molecule has 0 aromatic heterocycles. The largest absolute Gasteiger partial charge is 0.493 e. The minimum Gasteiger partial charge on any atom is -0.493 e. The number of methoxy groups -OCH3 is 2.